The zero-order valence-electron chi connectivity index (χ0n) is 8.33. The molecule has 0 radical (unpaired) electrons. The molecule has 16 heavy (non-hydrogen) atoms. The molecule has 0 spiro atoms. The molecule has 0 aliphatic carbocycles. The van der Waals surface area contributed by atoms with E-state index in [0.717, 1.165) is 16.3 Å². The maximum atomic E-state index is 11.8. The SMILES string of the molecule is O=c1cccc2cc(Cl)c3ccc[nH]c3c12. The van der Waals surface area contributed by atoms with Crippen LogP contribution in [0.3, 0.4) is 0 Å². The molecular formula is C13H8ClNO. The van der Waals surface area contributed by atoms with Crippen molar-refractivity contribution in [2.24, 2.45) is 0 Å². The third-order valence-corrected chi connectivity index (χ3v) is 3.02. The molecule has 3 aromatic rings. The first-order valence-electron chi connectivity index (χ1n) is 4.96. The summed E-state index contributed by atoms with van der Waals surface area (Å²) in [5, 5.41) is 3.10. The number of H-pyrrole nitrogens is 1. The van der Waals surface area contributed by atoms with E-state index in [9.17, 15) is 4.79 Å². The van der Waals surface area contributed by atoms with E-state index in [-0.39, 0.29) is 5.43 Å². The summed E-state index contributed by atoms with van der Waals surface area (Å²) < 4.78 is 0. The summed E-state index contributed by atoms with van der Waals surface area (Å²) in [6.45, 7) is 0. The largest absolute Gasteiger partial charge is 0.361 e. The van der Waals surface area contributed by atoms with Crippen molar-refractivity contribution in [2.45, 2.75) is 0 Å². The smallest absolute Gasteiger partial charge is 0.188 e. The molecule has 2 nitrogen and oxygen atoms in total. The van der Waals surface area contributed by atoms with Gasteiger partial charge in [-0.1, -0.05) is 23.7 Å². The molecule has 1 N–H and O–H groups in total. The molecule has 0 atom stereocenters. The van der Waals surface area contributed by atoms with Crippen LogP contribution >= 0.6 is 11.6 Å². The molecule has 0 saturated heterocycles. The second-order valence-corrected chi connectivity index (χ2v) is 4.08. The number of rotatable bonds is 0. The summed E-state index contributed by atoms with van der Waals surface area (Å²) in [7, 11) is 0. The highest BCUT2D eigenvalue weighted by Gasteiger charge is 2.06. The standard InChI is InChI=1S/C13H8ClNO/c14-10-7-8-3-1-5-11(16)12(8)13-9(10)4-2-6-15-13/h1-7,15H. The predicted molar refractivity (Wildman–Crippen MR) is 67.1 cm³/mol. The van der Waals surface area contributed by atoms with E-state index in [2.05, 4.69) is 4.98 Å². The van der Waals surface area contributed by atoms with Gasteiger partial charge in [-0.25, -0.2) is 0 Å². The quantitative estimate of drug-likeness (QED) is 0.590. The topological polar surface area (TPSA) is 32.9 Å². The van der Waals surface area contributed by atoms with Crippen LogP contribution in [-0.2, 0) is 0 Å². The summed E-state index contributed by atoms with van der Waals surface area (Å²) in [5.74, 6) is 0. The molecular weight excluding hydrogens is 222 g/mol. The van der Waals surface area contributed by atoms with E-state index in [1.54, 1.807) is 18.3 Å². The van der Waals surface area contributed by atoms with E-state index >= 15 is 0 Å². The Morgan fingerprint density at radius 1 is 1.12 bits per heavy atom. The van der Waals surface area contributed by atoms with Crippen molar-refractivity contribution in [3.8, 4) is 0 Å². The molecule has 0 saturated carbocycles. The van der Waals surface area contributed by atoms with Gasteiger partial charge in [0.05, 0.1) is 15.9 Å². The molecule has 1 aromatic heterocycles. The Hall–Kier alpha value is -1.80. The lowest BCUT2D eigenvalue weighted by molar-refractivity contribution is 1.42. The zero-order chi connectivity index (χ0) is 11.1. The van der Waals surface area contributed by atoms with Crippen molar-refractivity contribution in [1.29, 1.82) is 0 Å². The van der Waals surface area contributed by atoms with Gasteiger partial charge in [0, 0.05) is 11.6 Å². The minimum atomic E-state index is 0.0154. The van der Waals surface area contributed by atoms with Gasteiger partial charge in [0.1, 0.15) is 0 Å². The van der Waals surface area contributed by atoms with Crippen molar-refractivity contribution in [1.82, 2.24) is 4.98 Å². The molecule has 2 aromatic carbocycles. The van der Waals surface area contributed by atoms with E-state index in [1.807, 2.05) is 24.3 Å². The van der Waals surface area contributed by atoms with Gasteiger partial charge in [-0.05, 0) is 29.7 Å². The summed E-state index contributed by atoms with van der Waals surface area (Å²) >= 11 is 6.17. The lowest BCUT2D eigenvalue weighted by Gasteiger charge is -2.04. The minimum absolute atomic E-state index is 0.0154. The highest BCUT2D eigenvalue weighted by Crippen LogP contribution is 2.27. The molecule has 0 aliphatic heterocycles. The molecule has 0 bridgehead atoms. The van der Waals surface area contributed by atoms with Crippen LogP contribution in [0.25, 0.3) is 21.7 Å². The number of aromatic nitrogens is 1. The maximum Gasteiger partial charge on any atom is 0.188 e. The van der Waals surface area contributed by atoms with E-state index < -0.39 is 0 Å². The van der Waals surface area contributed by atoms with Crippen molar-refractivity contribution in [3.05, 3.63) is 57.8 Å². The Morgan fingerprint density at radius 3 is 2.88 bits per heavy atom. The summed E-state index contributed by atoms with van der Waals surface area (Å²) in [5.41, 5.74) is 0.817. The summed E-state index contributed by atoms with van der Waals surface area (Å²) in [6.07, 6.45) is 1.80. The highest BCUT2D eigenvalue weighted by molar-refractivity contribution is 6.37. The number of hydrogen-bond acceptors (Lipinski definition) is 1. The van der Waals surface area contributed by atoms with Crippen LogP contribution in [0.15, 0.2) is 47.4 Å². The first-order chi connectivity index (χ1) is 7.77. The molecule has 0 aliphatic rings. The molecule has 0 unspecified atom stereocenters. The number of fused-ring (bicyclic) bond motifs is 3. The number of aromatic amines is 1. The fourth-order valence-corrected chi connectivity index (χ4v) is 2.27. The first-order valence-corrected chi connectivity index (χ1v) is 5.34. The van der Waals surface area contributed by atoms with Gasteiger partial charge in [0.2, 0.25) is 0 Å². The van der Waals surface area contributed by atoms with E-state index in [4.69, 9.17) is 11.6 Å². The van der Waals surface area contributed by atoms with Gasteiger partial charge in [-0.2, -0.15) is 0 Å². The molecule has 1 heterocycles. The fraction of sp³-hybridized carbons (Fsp3) is 0. The van der Waals surface area contributed by atoms with Crippen LogP contribution < -0.4 is 5.43 Å². The van der Waals surface area contributed by atoms with Gasteiger partial charge in [0.15, 0.2) is 5.43 Å². The first kappa shape index (κ1) is 9.43. The van der Waals surface area contributed by atoms with Crippen LogP contribution in [-0.4, -0.2) is 4.98 Å². The molecule has 0 amide bonds. The third kappa shape index (κ3) is 1.24. The van der Waals surface area contributed by atoms with E-state index in [1.165, 1.54) is 0 Å². The summed E-state index contributed by atoms with van der Waals surface area (Å²) in [4.78, 5) is 14.9. The van der Waals surface area contributed by atoms with Crippen LogP contribution in [0.4, 0.5) is 0 Å². The van der Waals surface area contributed by atoms with Crippen molar-refractivity contribution < 1.29 is 0 Å². The lowest BCUT2D eigenvalue weighted by Crippen LogP contribution is -1.99. The number of benzene rings is 2. The Morgan fingerprint density at radius 2 is 2.00 bits per heavy atom. The van der Waals surface area contributed by atoms with Crippen molar-refractivity contribution >= 4 is 33.3 Å². The predicted octanol–water partition coefficient (Wildman–Crippen LogP) is 3.33. The second kappa shape index (κ2) is 3.35. The van der Waals surface area contributed by atoms with Gasteiger partial charge in [-0.15, -0.1) is 0 Å². The molecule has 0 fully saturated rings. The number of halogens is 1. The minimum Gasteiger partial charge on any atom is -0.361 e. The van der Waals surface area contributed by atoms with Gasteiger partial charge in [-0.3, -0.25) is 4.79 Å². The Kier molecular flexibility index (Phi) is 1.98. The second-order valence-electron chi connectivity index (χ2n) is 3.67. The van der Waals surface area contributed by atoms with Crippen LogP contribution in [0, 0.1) is 0 Å². The van der Waals surface area contributed by atoms with Gasteiger partial charge >= 0.3 is 0 Å². The van der Waals surface area contributed by atoms with Crippen molar-refractivity contribution in [2.75, 3.05) is 0 Å². The highest BCUT2D eigenvalue weighted by atomic mass is 35.5. The average molecular weight is 230 g/mol. The normalized spacial score (nSPS) is 11.1. The third-order valence-electron chi connectivity index (χ3n) is 2.70. The number of hydrogen-bond donors (Lipinski definition) is 1. The molecule has 78 valence electrons. The van der Waals surface area contributed by atoms with Crippen molar-refractivity contribution in [3.63, 3.8) is 0 Å². The van der Waals surface area contributed by atoms with E-state index in [0.29, 0.717) is 10.4 Å². The van der Waals surface area contributed by atoms with Crippen LogP contribution in [0.1, 0.15) is 0 Å². The van der Waals surface area contributed by atoms with Crippen LogP contribution in [0.2, 0.25) is 5.02 Å². The van der Waals surface area contributed by atoms with Gasteiger partial charge < -0.3 is 4.98 Å². The summed E-state index contributed by atoms with van der Waals surface area (Å²) in [6, 6.07) is 10.8. The number of pyridine rings is 1. The molecule has 3 rings (SSSR count). The lowest BCUT2D eigenvalue weighted by atomic mass is 10.1. The maximum absolute atomic E-state index is 11.8. The molecule has 3 heteroatoms. The fourth-order valence-electron chi connectivity index (χ4n) is 1.99. The Balaban J connectivity index is 2.72. The Bertz CT molecular complexity index is 746. The zero-order valence-corrected chi connectivity index (χ0v) is 9.08. The van der Waals surface area contributed by atoms with Gasteiger partial charge in [0.25, 0.3) is 0 Å². The average Bonchev–Trinajstić information content (AvgIpc) is 2.29. The number of nitrogens with one attached hydrogen (secondary N) is 1. The Labute approximate surface area is 96.5 Å². The monoisotopic (exact) mass is 229 g/mol. The van der Waals surface area contributed by atoms with Crippen LogP contribution in [0.5, 0.6) is 0 Å².